The van der Waals surface area contributed by atoms with Gasteiger partial charge in [-0.05, 0) is 53.1 Å². The third kappa shape index (κ3) is 13.0. The molecule has 0 saturated carbocycles. The topological polar surface area (TPSA) is 212 Å². The molecule has 1 rings (SSSR count). The third-order valence-electron chi connectivity index (χ3n) is 6.16. The lowest BCUT2D eigenvalue weighted by Gasteiger charge is -2.27. The summed E-state index contributed by atoms with van der Waals surface area (Å²) >= 11 is 2.00. The van der Waals surface area contributed by atoms with E-state index in [9.17, 15) is 38.4 Å². The van der Waals surface area contributed by atoms with Crippen LogP contribution in [0, 0.1) is 9.49 Å². The first kappa shape index (κ1) is 37.9. The Morgan fingerprint density at radius 1 is 0.773 bits per heavy atom. The Morgan fingerprint density at radius 2 is 1.36 bits per heavy atom. The van der Waals surface area contributed by atoms with E-state index in [2.05, 4.69) is 35.5 Å². The number of nitrogens with one attached hydrogen (secondary N) is 4. The smallest absolute Gasteiger partial charge is 0.308 e. The number of aldehydes is 1. The number of carbonyl (C=O) groups excluding carboxylic acids is 8. The summed E-state index contributed by atoms with van der Waals surface area (Å²) < 4.78 is 14.5. The number of hydrogen-bond acceptors (Lipinski definition) is 11. The zero-order valence-corrected chi connectivity index (χ0v) is 27.1. The molecule has 15 nitrogen and oxygen atoms in total. The first-order valence-corrected chi connectivity index (χ1v) is 14.5. The molecule has 44 heavy (non-hydrogen) atoms. The quantitative estimate of drug-likeness (QED) is 0.0712. The van der Waals surface area contributed by atoms with E-state index in [1.54, 1.807) is 32.0 Å². The molecular formula is C28H37IN4O11. The molecule has 0 aliphatic heterocycles. The highest BCUT2D eigenvalue weighted by Crippen LogP contribution is 2.10. The molecular weight excluding hydrogens is 695 g/mol. The predicted octanol–water partition coefficient (Wildman–Crippen LogP) is -0.222. The molecule has 0 aliphatic rings. The van der Waals surface area contributed by atoms with Gasteiger partial charge in [0.15, 0.2) is 0 Å². The molecule has 0 unspecified atom stereocenters. The van der Waals surface area contributed by atoms with E-state index in [4.69, 9.17) is 0 Å². The van der Waals surface area contributed by atoms with Crippen LogP contribution in [0.5, 0.6) is 0 Å². The molecule has 0 radical (unpaired) electrons. The molecule has 1 aromatic carbocycles. The highest BCUT2D eigenvalue weighted by atomic mass is 127. The van der Waals surface area contributed by atoms with Crippen LogP contribution in [0.15, 0.2) is 24.3 Å². The first-order valence-electron chi connectivity index (χ1n) is 13.4. The summed E-state index contributed by atoms with van der Waals surface area (Å²) in [5.74, 6) is -6.06. The molecule has 0 heterocycles. The Hall–Kier alpha value is -4.09. The largest absolute Gasteiger partial charge is 0.469 e. The molecule has 16 heteroatoms. The SMILES string of the molecule is COC(=O)CC[C@H](NC(=O)[C@H](CC(=O)OC)NC(=O)c1cccc(I)c1)C(=O)N[C@H](C(=O)N[C@H](C=O)CC(=O)OC)C(C)C. The van der Waals surface area contributed by atoms with E-state index in [-0.39, 0.29) is 18.4 Å². The van der Waals surface area contributed by atoms with Crippen molar-refractivity contribution in [2.75, 3.05) is 21.3 Å². The predicted molar refractivity (Wildman–Crippen MR) is 162 cm³/mol. The lowest BCUT2D eigenvalue weighted by Crippen LogP contribution is -2.58. The average Bonchev–Trinajstić information content (AvgIpc) is 2.99. The number of esters is 3. The summed E-state index contributed by atoms with van der Waals surface area (Å²) in [5.41, 5.74) is 0.214. The lowest BCUT2D eigenvalue weighted by molar-refractivity contribution is -0.144. The van der Waals surface area contributed by atoms with Gasteiger partial charge in [-0.1, -0.05) is 19.9 Å². The van der Waals surface area contributed by atoms with Gasteiger partial charge in [-0.25, -0.2) is 0 Å². The molecule has 0 aromatic heterocycles. The van der Waals surface area contributed by atoms with E-state index in [1.165, 1.54) is 6.07 Å². The van der Waals surface area contributed by atoms with Crippen molar-refractivity contribution in [2.45, 2.75) is 63.7 Å². The summed E-state index contributed by atoms with van der Waals surface area (Å²) in [5, 5.41) is 9.75. The van der Waals surface area contributed by atoms with Crippen LogP contribution in [0.25, 0.3) is 0 Å². The molecule has 0 aliphatic carbocycles. The van der Waals surface area contributed by atoms with Crippen molar-refractivity contribution in [3.05, 3.63) is 33.4 Å². The highest BCUT2D eigenvalue weighted by Gasteiger charge is 2.33. The maximum atomic E-state index is 13.4. The second kappa shape index (κ2) is 19.2. The van der Waals surface area contributed by atoms with Crippen LogP contribution >= 0.6 is 22.6 Å². The maximum Gasteiger partial charge on any atom is 0.308 e. The zero-order valence-electron chi connectivity index (χ0n) is 25.0. The van der Waals surface area contributed by atoms with Crippen molar-refractivity contribution in [1.29, 1.82) is 0 Å². The second-order valence-electron chi connectivity index (χ2n) is 9.75. The Labute approximate surface area is 268 Å². The van der Waals surface area contributed by atoms with Crippen LogP contribution in [0.2, 0.25) is 0 Å². The normalized spacial score (nSPS) is 13.2. The lowest BCUT2D eigenvalue weighted by atomic mass is 10.0. The fourth-order valence-electron chi connectivity index (χ4n) is 3.69. The number of ether oxygens (including phenoxy) is 3. The van der Waals surface area contributed by atoms with Crippen molar-refractivity contribution >= 4 is 70.4 Å². The Balaban J connectivity index is 3.21. The molecule has 242 valence electrons. The second-order valence-corrected chi connectivity index (χ2v) is 11.0. The van der Waals surface area contributed by atoms with E-state index < -0.39 is 84.5 Å². The van der Waals surface area contributed by atoms with Crippen molar-refractivity contribution in [3.8, 4) is 0 Å². The minimum absolute atomic E-state index is 0.214. The molecule has 4 atom stereocenters. The van der Waals surface area contributed by atoms with Gasteiger partial charge in [0.1, 0.15) is 24.4 Å². The monoisotopic (exact) mass is 732 g/mol. The Morgan fingerprint density at radius 3 is 1.91 bits per heavy atom. The number of hydrogen-bond donors (Lipinski definition) is 4. The van der Waals surface area contributed by atoms with Crippen molar-refractivity contribution < 1.29 is 52.6 Å². The highest BCUT2D eigenvalue weighted by molar-refractivity contribution is 14.1. The van der Waals surface area contributed by atoms with Gasteiger partial charge in [0.25, 0.3) is 5.91 Å². The maximum absolute atomic E-state index is 13.4. The summed E-state index contributed by atoms with van der Waals surface area (Å²) in [6.07, 6.45) is -1.24. The van der Waals surface area contributed by atoms with Crippen LogP contribution in [0.3, 0.4) is 0 Å². The van der Waals surface area contributed by atoms with Crippen LogP contribution in [-0.4, -0.2) is 93.3 Å². The molecule has 0 fully saturated rings. The molecule has 0 spiro atoms. The van der Waals surface area contributed by atoms with Gasteiger partial charge < -0.3 is 40.3 Å². The van der Waals surface area contributed by atoms with Crippen LogP contribution < -0.4 is 21.3 Å². The molecule has 0 saturated heterocycles. The van der Waals surface area contributed by atoms with E-state index in [0.29, 0.717) is 6.29 Å². The minimum atomic E-state index is -1.47. The first-order chi connectivity index (χ1) is 20.8. The summed E-state index contributed by atoms with van der Waals surface area (Å²) in [7, 11) is 3.36. The van der Waals surface area contributed by atoms with Crippen LogP contribution in [0.4, 0.5) is 0 Å². The number of rotatable bonds is 17. The van der Waals surface area contributed by atoms with Gasteiger partial charge in [0.05, 0.1) is 40.2 Å². The molecule has 4 N–H and O–H groups in total. The Kier molecular flexibility index (Phi) is 16.6. The summed E-state index contributed by atoms with van der Waals surface area (Å²) in [4.78, 5) is 99.4. The fraction of sp³-hybridized carbons (Fsp3) is 0.500. The fourth-order valence-corrected chi connectivity index (χ4v) is 4.24. The van der Waals surface area contributed by atoms with Crippen molar-refractivity contribution in [3.63, 3.8) is 0 Å². The van der Waals surface area contributed by atoms with Gasteiger partial charge in [-0.3, -0.25) is 33.6 Å². The third-order valence-corrected chi connectivity index (χ3v) is 6.83. The standard InChI is InChI=1S/C28H37IN4O11/c1-15(2)24(28(41)30-18(14-34)12-22(36)43-4)33-26(39)19(9-10-21(35)42-3)31-27(40)20(13-23(37)44-5)32-25(38)16-7-6-8-17(29)11-16/h6-8,11,14-15,18-20,24H,9-10,12-13H2,1-5H3,(H,30,41)(H,31,40)(H,32,38)(H,33,39)/t18-,19-,20-,24-/m0/s1. The average molecular weight is 733 g/mol. The molecule has 1 aromatic rings. The van der Waals surface area contributed by atoms with E-state index in [0.717, 1.165) is 24.9 Å². The summed E-state index contributed by atoms with van der Waals surface area (Å²) in [6.45, 7) is 3.21. The Bertz CT molecular complexity index is 1220. The molecule has 0 bridgehead atoms. The van der Waals surface area contributed by atoms with Crippen molar-refractivity contribution in [1.82, 2.24) is 21.3 Å². The minimum Gasteiger partial charge on any atom is -0.469 e. The number of methoxy groups -OCH3 is 3. The van der Waals surface area contributed by atoms with Gasteiger partial charge in [-0.2, -0.15) is 0 Å². The number of benzene rings is 1. The van der Waals surface area contributed by atoms with Crippen LogP contribution in [0.1, 0.15) is 49.9 Å². The van der Waals surface area contributed by atoms with E-state index in [1.807, 2.05) is 22.6 Å². The summed E-state index contributed by atoms with van der Waals surface area (Å²) in [6, 6.07) is 1.10. The van der Waals surface area contributed by atoms with Gasteiger partial charge in [0, 0.05) is 15.6 Å². The number of amides is 4. The van der Waals surface area contributed by atoms with E-state index >= 15 is 0 Å². The zero-order chi connectivity index (χ0) is 33.4. The van der Waals surface area contributed by atoms with Gasteiger partial charge in [0.2, 0.25) is 17.7 Å². The molecule has 4 amide bonds. The van der Waals surface area contributed by atoms with Gasteiger partial charge in [-0.15, -0.1) is 0 Å². The van der Waals surface area contributed by atoms with Crippen molar-refractivity contribution in [2.24, 2.45) is 5.92 Å². The number of halogens is 1. The number of carbonyl (C=O) groups is 8. The van der Waals surface area contributed by atoms with Crippen LogP contribution in [-0.2, 0) is 47.8 Å². The van der Waals surface area contributed by atoms with Gasteiger partial charge >= 0.3 is 17.9 Å².